The minimum Gasteiger partial charge on any atom is -0.444 e. The van der Waals surface area contributed by atoms with Crippen LogP contribution < -0.4 is 5.32 Å². The molecule has 1 aromatic carbocycles. The highest BCUT2D eigenvalue weighted by molar-refractivity contribution is 7.99. The fraction of sp³-hybridized carbons (Fsp3) is 0.412. The van der Waals surface area contributed by atoms with Crippen molar-refractivity contribution in [2.24, 2.45) is 0 Å². The molecule has 0 saturated carbocycles. The molecule has 0 bridgehead atoms. The molecule has 0 spiro atoms. The van der Waals surface area contributed by atoms with Gasteiger partial charge in [0.05, 0.1) is 10.9 Å². The van der Waals surface area contributed by atoms with E-state index in [1.165, 1.54) is 11.8 Å². The lowest BCUT2D eigenvalue weighted by atomic mass is 10.1. The Balaban J connectivity index is 1.92. The molecule has 1 amide bonds. The lowest BCUT2D eigenvalue weighted by molar-refractivity contribution is -0.121. The first-order chi connectivity index (χ1) is 10.7. The van der Waals surface area contributed by atoms with Gasteiger partial charge in [-0.2, -0.15) is 0 Å². The van der Waals surface area contributed by atoms with Crippen molar-refractivity contribution in [1.82, 2.24) is 10.3 Å². The van der Waals surface area contributed by atoms with Crippen LogP contribution in [0.3, 0.4) is 0 Å². The van der Waals surface area contributed by atoms with Crippen LogP contribution in [0.4, 0.5) is 0 Å². The number of amides is 1. The van der Waals surface area contributed by atoms with Crippen LogP contribution in [0.5, 0.6) is 0 Å². The summed E-state index contributed by atoms with van der Waals surface area (Å²) in [5.74, 6) is 1.21. The van der Waals surface area contributed by atoms with Crippen LogP contribution in [-0.4, -0.2) is 21.7 Å². The first-order valence-corrected chi connectivity index (χ1v) is 8.81. The van der Waals surface area contributed by atoms with E-state index in [2.05, 4.69) is 10.3 Å². The Bertz CT molecular complexity index is 662. The molecule has 4 nitrogen and oxygen atoms in total. The highest BCUT2D eigenvalue weighted by Crippen LogP contribution is 2.24. The van der Waals surface area contributed by atoms with Crippen molar-refractivity contribution in [3.63, 3.8) is 0 Å². The van der Waals surface area contributed by atoms with Crippen molar-refractivity contribution in [2.75, 3.05) is 0 Å². The molecular formula is C17H21ClN2O2S. The van der Waals surface area contributed by atoms with Gasteiger partial charge < -0.3 is 9.73 Å². The summed E-state index contributed by atoms with van der Waals surface area (Å²) >= 11 is 7.41. The number of hydrogen-bond acceptors (Lipinski definition) is 4. The maximum absolute atomic E-state index is 12.1. The van der Waals surface area contributed by atoms with E-state index in [4.69, 9.17) is 16.0 Å². The Kier molecular flexibility index (Phi) is 5.76. The lowest BCUT2D eigenvalue weighted by Crippen LogP contribution is -2.44. The Morgan fingerprint density at radius 2 is 2.00 bits per heavy atom. The number of benzene rings is 1. The van der Waals surface area contributed by atoms with E-state index in [-0.39, 0.29) is 16.7 Å². The number of halogens is 1. The fourth-order valence-corrected chi connectivity index (χ4v) is 2.75. The summed E-state index contributed by atoms with van der Waals surface area (Å²) in [6, 6.07) is 7.33. The summed E-state index contributed by atoms with van der Waals surface area (Å²) in [5.41, 5.74) is 1.47. The van der Waals surface area contributed by atoms with E-state index in [1.54, 1.807) is 18.4 Å². The maximum atomic E-state index is 12.1. The largest absolute Gasteiger partial charge is 0.444 e. The number of thioether (sulfide) groups is 1. The van der Waals surface area contributed by atoms with Crippen molar-refractivity contribution in [3.05, 3.63) is 41.2 Å². The van der Waals surface area contributed by atoms with E-state index < -0.39 is 0 Å². The molecule has 0 saturated heterocycles. The third-order valence-corrected chi connectivity index (χ3v) is 4.42. The molecule has 1 atom stereocenters. The van der Waals surface area contributed by atoms with Gasteiger partial charge in [-0.1, -0.05) is 11.6 Å². The molecular weight excluding hydrogens is 332 g/mol. The van der Waals surface area contributed by atoms with Gasteiger partial charge in [0.1, 0.15) is 6.26 Å². The molecule has 2 rings (SSSR count). The quantitative estimate of drug-likeness (QED) is 0.858. The van der Waals surface area contributed by atoms with Crippen molar-refractivity contribution in [2.45, 2.75) is 44.2 Å². The number of carbonyl (C=O) groups is 1. The molecule has 1 heterocycles. The van der Waals surface area contributed by atoms with Crippen LogP contribution in [-0.2, 0) is 10.5 Å². The maximum Gasteiger partial charge on any atom is 0.233 e. The molecule has 6 heteroatoms. The molecule has 0 unspecified atom stereocenters. The van der Waals surface area contributed by atoms with Gasteiger partial charge in [0.15, 0.2) is 0 Å². The first kappa shape index (κ1) is 17.9. The first-order valence-electron chi connectivity index (χ1n) is 7.38. The second kappa shape index (κ2) is 7.41. The third kappa shape index (κ3) is 5.59. The van der Waals surface area contributed by atoms with E-state index in [1.807, 2.05) is 39.8 Å². The highest BCUT2D eigenvalue weighted by Gasteiger charge is 2.20. The van der Waals surface area contributed by atoms with E-state index in [9.17, 15) is 4.79 Å². The predicted octanol–water partition coefficient (Wildman–Crippen LogP) is 4.53. The van der Waals surface area contributed by atoms with E-state index in [0.29, 0.717) is 16.7 Å². The zero-order valence-electron chi connectivity index (χ0n) is 13.7. The van der Waals surface area contributed by atoms with Gasteiger partial charge in [0, 0.05) is 21.9 Å². The number of carbonyl (C=O) groups excluding carboxylic acids is 1. The van der Waals surface area contributed by atoms with Gasteiger partial charge in [-0.15, -0.1) is 11.8 Å². The highest BCUT2D eigenvalue weighted by atomic mass is 35.5. The minimum atomic E-state index is -0.221. The molecule has 0 fully saturated rings. The standard InChI is InChI=1S/C17H21ClN2O2S/c1-11(15(21)20-17(2,3)4)23-10-14-9-22-16(19-14)12-5-7-13(18)8-6-12/h5-9,11H,10H2,1-4H3,(H,20,21)/t11-/m1/s1. The molecule has 2 aromatic rings. The topological polar surface area (TPSA) is 55.1 Å². The van der Waals surface area contributed by atoms with Crippen LogP contribution in [0.2, 0.25) is 5.02 Å². The van der Waals surface area contributed by atoms with E-state index >= 15 is 0 Å². The Hall–Kier alpha value is -1.46. The summed E-state index contributed by atoms with van der Waals surface area (Å²) in [6.45, 7) is 7.81. The fourth-order valence-electron chi connectivity index (χ4n) is 1.86. The van der Waals surface area contributed by atoms with Gasteiger partial charge in [0.25, 0.3) is 0 Å². The van der Waals surface area contributed by atoms with Crippen molar-refractivity contribution in [3.8, 4) is 11.5 Å². The summed E-state index contributed by atoms with van der Waals surface area (Å²) in [7, 11) is 0. The van der Waals surface area contributed by atoms with E-state index in [0.717, 1.165) is 11.3 Å². The van der Waals surface area contributed by atoms with Crippen LogP contribution >= 0.6 is 23.4 Å². The molecule has 23 heavy (non-hydrogen) atoms. The summed E-state index contributed by atoms with van der Waals surface area (Å²) < 4.78 is 5.50. The van der Waals surface area contributed by atoms with Crippen molar-refractivity contribution >= 4 is 29.3 Å². The van der Waals surface area contributed by atoms with Crippen LogP contribution in [0.15, 0.2) is 34.9 Å². The lowest BCUT2D eigenvalue weighted by Gasteiger charge is -2.22. The Morgan fingerprint density at radius 1 is 1.35 bits per heavy atom. The van der Waals surface area contributed by atoms with Crippen LogP contribution in [0, 0.1) is 0 Å². The van der Waals surface area contributed by atoms with Gasteiger partial charge in [-0.05, 0) is 52.0 Å². The zero-order valence-corrected chi connectivity index (χ0v) is 15.3. The summed E-state index contributed by atoms with van der Waals surface area (Å²) in [4.78, 5) is 16.5. The van der Waals surface area contributed by atoms with Gasteiger partial charge in [-0.25, -0.2) is 4.98 Å². The molecule has 0 radical (unpaired) electrons. The Labute approximate surface area is 146 Å². The number of nitrogens with zero attached hydrogens (tertiary/aromatic N) is 1. The second-order valence-electron chi connectivity index (χ2n) is 6.34. The Morgan fingerprint density at radius 3 is 2.61 bits per heavy atom. The molecule has 0 aliphatic heterocycles. The average Bonchev–Trinajstić information content (AvgIpc) is 2.92. The van der Waals surface area contributed by atoms with Gasteiger partial charge >= 0.3 is 0 Å². The van der Waals surface area contributed by atoms with Crippen molar-refractivity contribution < 1.29 is 9.21 Å². The smallest absolute Gasteiger partial charge is 0.233 e. The van der Waals surface area contributed by atoms with Crippen LogP contribution in [0.25, 0.3) is 11.5 Å². The predicted molar refractivity (Wildman–Crippen MR) is 95.6 cm³/mol. The number of rotatable bonds is 5. The average molecular weight is 353 g/mol. The summed E-state index contributed by atoms with van der Waals surface area (Å²) in [5, 5.41) is 3.50. The normalized spacial score (nSPS) is 12.9. The zero-order chi connectivity index (χ0) is 17.0. The molecule has 0 aliphatic carbocycles. The van der Waals surface area contributed by atoms with Crippen LogP contribution in [0.1, 0.15) is 33.4 Å². The molecule has 1 aromatic heterocycles. The SMILES string of the molecule is C[C@@H](SCc1coc(-c2ccc(Cl)cc2)n1)C(=O)NC(C)(C)C. The number of nitrogens with one attached hydrogen (secondary N) is 1. The molecule has 124 valence electrons. The summed E-state index contributed by atoms with van der Waals surface area (Å²) in [6.07, 6.45) is 1.63. The minimum absolute atomic E-state index is 0.0314. The number of oxazole rings is 1. The second-order valence-corrected chi connectivity index (χ2v) is 8.11. The van der Waals surface area contributed by atoms with Gasteiger partial charge in [-0.3, -0.25) is 4.79 Å². The van der Waals surface area contributed by atoms with Crippen molar-refractivity contribution in [1.29, 1.82) is 0 Å². The van der Waals surface area contributed by atoms with Gasteiger partial charge in [0.2, 0.25) is 11.8 Å². The number of aromatic nitrogens is 1. The number of hydrogen-bond donors (Lipinski definition) is 1. The molecule has 0 aliphatic rings. The monoisotopic (exact) mass is 352 g/mol. The molecule has 1 N–H and O–H groups in total. The third-order valence-electron chi connectivity index (χ3n) is 2.99.